The van der Waals surface area contributed by atoms with E-state index in [9.17, 15) is 8.78 Å². The zero-order chi connectivity index (χ0) is 11.5. The van der Waals surface area contributed by atoms with E-state index in [4.69, 9.17) is 0 Å². The molecule has 0 saturated carbocycles. The van der Waals surface area contributed by atoms with E-state index in [-0.39, 0.29) is 0 Å². The van der Waals surface area contributed by atoms with Gasteiger partial charge in [0.2, 0.25) is 0 Å². The Morgan fingerprint density at radius 3 is 2.44 bits per heavy atom. The fourth-order valence-electron chi connectivity index (χ4n) is 1.52. The summed E-state index contributed by atoms with van der Waals surface area (Å²) in [5.74, 6) is -1.09. The minimum Gasteiger partial charge on any atom is -0.316 e. The van der Waals surface area contributed by atoms with Crippen LogP contribution in [0.2, 0.25) is 0 Å². The van der Waals surface area contributed by atoms with Crippen molar-refractivity contribution in [3.8, 4) is 10.4 Å². The second-order valence-electron chi connectivity index (χ2n) is 3.51. The Kier molecular flexibility index (Phi) is 3.31. The number of nitrogens with one attached hydrogen (secondary N) is 1. The maximum atomic E-state index is 13.0. The molecule has 1 N–H and O–H groups in total. The van der Waals surface area contributed by atoms with Gasteiger partial charge in [0.25, 0.3) is 0 Å². The molecule has 0 unspecified atom stereocenters. The Hall–Kier alpha value is -1.26. The van der Waals surface area contributed by atoms with Gasteiger partial charge >= 0.3 is 0 Å². The average Bonchev–Trinajstić information content (AvgIpc) is 2.65. The summed E-state index contributed by atoms with van der Waals surface area (Å²) in [6.45, 7) is 0.758. The van der Waals surface area contributed by atoms with E-state index in [0.29, 0.717) is 5.56 Å². The van der Waals surface area contributed by atoms with Gasteiger partial charge in [-0.25, -0.2) is 8.78 Å². The molecule has 0 fully saturated rings. The van der Waals surface area contributed by atoms with Crippen LogP contribution in [0, 0.1) is 11.6 Å². The first-order valence-electron chi connectivity index (χ1n) is 4.87. The third-order valence-corrected chi connectivity index (χ3v) is 3.21. The summed E-state index contributed by atoms with van der Waals surface area (Å²) in [6, 6.07) is 5.51. The van der Waals surface area contributed by atoms with Crippen molar-refractivity contribution in [1.29, 1.82) is 0 Å². The van der Waals surface area contributed by atoms with E-state index in [0.717, 1.165) is 23.1 Å². The summed E-state index contributed by atoms with van der Waals surface area (Å²) in [4.78, 5) is 0.878. The Labute approximate surface area is 96.7 Å². The Morgan fingerprint density at radius 2 is 1.81 bits per heavy atom. The Balaban J connectivity index is 2.34. The van der Waals surface area contributed by atoms with E-state index < -0.39 is 11.6 Å². The molecular weight excluding hydrogens is 228 g/mol. The van der Waals surface area contributed by atoms with Gasteiger partial charge in [0.15, 0.2) is 0 Å². The first kappa shape index (κ1) is 11.2. The minimum atomic E-state index is -0.543. The molecule has 0 atom stereocenters. The van der Waals surface area contributed by atoms with Crippen molar-refractivity contribution < 1.29 is 8.78 Å². The van der Waals surface area contributed by atoms with Gasteiger partial charge in [0.05, 0.1) is 0 Å². The lowest BCUT2D eigenvalue weighted by atomic mass is 10.1. The van der Waals surface area contributed by atoms with Crippen molar-refractivity contribution >= 4 is 11.3 Å². The average molecular weight is 239 g/mol. The van der Waals surface area contributed by atoms with Gasteiger partial charge in [0.1, 0.15) is 11.6 Å². The van der Waals surface area contributed by atoms with Crippen LogP contribution < -0.4 is 5.32 Å². The first-order chi connectivity index (χ1) is 7.69. The molecule has 84 valence electrons. The standard InChI is InChI=1S/C12H11F2NS/c1-15-6-8-2-12(16-7-8)9-3-10(13)5-11(14)4-9/h2-5,7,15H,6H2,1H3. The number of hydrogen-bond acceptors (Lipinski definition) is 2. The maximum absolute atomic E-state index is 13.0. The van der Waals surface area contributed by atoms with Gasteiger partial charge in [-0.1, -0.05) is 0 Å². The topological polar surface area (TPSA) is 12.0 Å². The van der Waals surface area contributed by atoms with Crippen LogP contribution in [-0.2, 0) is 6.54 Å². The molecule has 0 saturated heterocycles. The van der Waals surface area contributed by atoms with Crippen molar-refractivity contribution in [2.45, 2.75) is 6.54 Å². The second kappa shape index (κ2) is 4.72. The van der Waals surface area contributed by atoms with Crippen LogP contribution in [0.1, 0.15) is 5.56 Å². The van der Waals surface area contributed by atoms with Crippen LogP contribution in [-0.4, -0.2) is 7.05 Å². The molecule has 2 aromatic rings. The van der Waals surface area contributed by atoms with Crippen molar-refractivity contribution in [2.75, 3.05) is 7.05 Å². The fourth-order valence-corrected chi connectivity index (χ4v) is 2.42. The van der Waals surface area contributed by atoms with Gasteiger partial charge in [-0.05, 0) is 41.8 Å². The number of benzene rings is 1. The van der Waals surface area contributed by atoms with Crippen molar-refractivity contribution in [3.63, 3.8) is 0 Å². The highest BCUT2D eigenvalue weighted by molar-refractivity contribution is 7.13. The van der Waals surface area contributed by atoms with Crippen LogP contribution >= 0.6 is 11.3 Å². The number of thiophene rings is 1. The lowest BCUT2D eigenvalue weighted by Crippen LogP contribution is -2.03. The van der Waals surface area contributed by atoms with E-state index in [2.05, 4.69) is 5.32 Å². The van der Waals surface area contributed by atoms with E-state index >= 15 is 0 Å². The van der Waals surface area contributed by atoms with Gasteiger partial charge in [-0.2, -0.15) is 0 Å². The van der Waals surface area contributed by atoms with E-state index in [1.165, 1.54) is 23.5 Å². The van der Waals surface area contributed by atoms with Gasteiger partial charge < -0.3 is 5.32 Å². The summed E-state index contributed by atoms with van der Waals surface area (Å²) in [5, 5.41) is 5.01. The van der Waals surface area contributed by atoms with Crippen LogP contribution in [0.3, 0.4) is 0 Å². The van der Waals surface area contributed by atoms with Crippen molar-refractivity contribution in [2.24, 2.45) is 0 Å². The normalized spacial score (nSPS) is 10.7. The highest BCUT2D eigenvalue weighted by atomic mass is 32.1. The quantitative estimate of drug-likeness (QED) is 0.865. The summed E-state index contributed by atoms with van der Waals surface area (Å²) in [6.07, 6.45) is 0. The third-order valence-electron chi connectivity index (χ3n) is 2.18. The molecule has 1 aromatic heterocycles. The van der Waals surface area contributed by atoms with Gasteiger partial charge in [0, 0.05) is 17.5 Å². The third kappa shape index (κ3) is 2.46. The van der Waals surface area contributed by atoms with Crippen LogP contribution in [0.5, 0.6) is 0 Å². The van der Waals surface area contributed by atoms with E-state index in [1.54, 1.807) is 0 Å². The minimum absolute atomic E-state index is 0.543. The molecule has 1 aromatic carbocycles. The molecule has 0 radical (unpaired) electrons. The smallest absolute Gasteiger partial charge is 0.126 e. The van der Waals surface area contributed by atoms with Crippen LogP contribution in [0.4, 0.5) is 8.78 Å². The Morgan fingerprint density at radius 1 is 1.12 bits per heavy atom. The molecule has 0 bridgehead atoms. The number of rotatable bonds is 3. The molecule has 2 rings (SSSR count). The molecule has 0 amide bonds. The zero-order valence-corrected chi connectivity index (χ0v) is 9.57. The summed E-state index contributed by atoms with van der Waals surface area (Å²) in [5.41, 5.74) is 1.71. The van der Waals surface area contributed by atoms with Crippen LogP contribution in [0.25, 0.3) is 10.4 Å². The zero-order valence-electron chi connectivity index (χ0n) is 8.76. The second-order valence-corrected chi connectivity index (χ2v) is 4.42. The molecule has 1 nitrogen and oxygen atoms in total. The highest BCUT2D eigenvalue weighted by Gasteiger charge is 2.05. The van der Waals surface area contributed by atoms with E-state index in [1.807, 2.05) is 18.5 Å². The SMILES string of the molecule is CNCc1csc(-c2cc(F)cc(F)c2)c1. The molecule has 0 aliphatic heterocycles. The molecule has 1 heterocycles. The Bertz CT molecular complexity index is 473. The summed E-state index contributed by atoms with van der Waals surface area (Å²) in [7, 11) is 1.86. The number of hydrogen-bond donors (Lipinski definition) is 1. The lowest BCUT2D eigenvalue weighted by molar-refractivity contribution is 0.584. The predicted molar refractivity (Wildman–Crippen MR) is 62.4 cm³/mol. The molecule has 0 aliphatic carbocycles. The monoisotopic (exact) mass is 239 g/mol. The summed E-state index contributed by atoms with van der Waals surface area (Å²) < 4.78 is 26.0. The molecular formula is C12H11F2NS. The van der Waals surface area contributed by atoms with Crippen molar-refractivity contribution in [1.82, 2.24) is 5.32 Å². The fraction of sp³-hybridized carbons (Fsp3) is 0.167. The van der Waals surface area contributed by atoms with Crippen molar-refractivity contribution in [3.05, 3.63) is 46.8 Å². The number of halogens is 2. The summed E-state index contributed by atoms with van der Waals surface area (Å²) >= 11 is 1.49. The van der Waals surface area contributed by atoms with Gasteiger partial charge in [-0.3, -0.25) is 0 Å². The highest BCUT2D eigenvalue weighted by Crippen LogP contribution is 2.28. The predicted octanol–water partition coefficient (Wildman–Crippen LogP) is 3.41. The molecule has 16 heavy (non-hydrogen) atoms. The largest absolute Gasteiger partial charge is 0.316 e. The van der Waals surface area contributed by atoms with Gasteiger partial charge in [-0.15, -0.1) is 11.3 Å². The first-order valence-corrected chi connectivity index (χ1v) is 5.75. The lowest BCUT2D eigenvalue weighted by Gasteiger charge is -1.98. The molecule has 0 spiro atoms. The van der Waals surface area contributed by atoms with Crippen LogP contribution in [0.15, 0.2) is 29.6 Å². The molecule has 4 heteroatoms. The molecule has 0 aliphatic rings. The maximum Gasteiger partial charge on any atom is 0.126 e.